The summed E-state index contributed by atoms with van der Waals surface area (Å²) in [6, 6.07) is 15.8. The van der Waals surface area contributed by atoms with E-state index >= 15 is 0 Å². The second kappa shape index (κ2) is 8.26. The lowest BCUT2D eigenvalue weighted by Gasteiger charge is -2.18. The molecule has 144 valence electrons. The van der Waals surface area contributed by atoms with Gasteiger partial charge in [-0.25, -0.2) is 0 Å². The molecule has 1 amide bonds. The molecule has 2 heterocycles. The minimum Gasteiger partial charge on any atom is -0.454 e. The van der Waals surface area contributed by atoms with E-state index in [0.717, 1.165) is 21.9 Å². The van der Waals surface area contributed by atoms with Gasteiger partial charge in [0.25, 0.3) is 0 Å². The molecule has 4 rings (SSSR count). The molecule has 1 aliphatic rings. The molecule has 3 aromatic rings. The molecule has 1 atom stereocenters. The van der Waals surface area contributed by atoms with E-state index in [0.29, 0.717) is 30.3 Å². The molecule has 1 unspecified atom stereocenters. The van der Waals surface area contributed by atoms with E-state index in [4.69, 9.17) is 15.2 Å². The van der Waals surface area contributed by atoms with Crippen LogP contribution >= 0.6 is 11.3 Å². The van der Waals surface area contributed by atoms with E-state index in [1.165, 1.54) is 11.3 Å². The summed E-state index contributed by atoms with van der Waals surface area (Å²) >= 11 is 1.34. The molecule has 7 nitrogen and oxygen atoms in total. The number of ether oxygens (including phenoxy) is 2. The number of hydrogen-bond donors (Lipinski definition) is 2. The maximum absolute atomic E-state index is 12.6. The fraction of sp³-hybridized carbons (Fsp3) is 0.250. The highest BCUT2D eigenvalue weighted by molar-refractivity contribution is 7.15. The number of aromatic nitrogens is 2. The number of carbonyl (C=O) groups is 1. The van der Waals surface area contributed by atoms with Gasteiger partial charge in [0.15, 0.2) is 11.5 Å². The van der Waals surface area contributed by atoms with Gasteiger partial charge in [0.1, 0.15) is 5.01 Å². The lowest BCUT2D eigenvalue weighted by molar-refractivity contribution is -0.121. The molecule has 28 heavy (non-hydrogen) atoms. The molecule has 1 aromatic heterocycles. The zero-order chi connectivity index (χ0) is 19.3. The van der Waals surface area contributed by atoms with Gasteiger partial charge in [0.2, 0.25) is 17.8 Å². The Morgan fingerprint density at radius 3 is 2.71 bits per heavy atom. The van der Waals surface area contributed by atoms with Crippen molar-refractivity contribution in [1.82, 2.24) is 15.5 Å². The van der Waals surface area contributed by atoms with Crippen molar-refractivity contribution in [3.8, 4) is 11.5 Å². The van der Waals surface area contributed by atoms with Gasteiger partial charge < -0.3 is 20.5 Å². The molecule has 0 aliphatic carbocycles. The molecule has 3 N–H and O–H groups in total. The lowest BCUT2D eigenvalue weighted by atomic mass is 9.88. The molecule has 1 aliphatic heterocycles. The molecular weight excluding hydrogens is 376 g/mol. The van der Waals surface area contributed by atoms with E-state index < -0.39 is 0 Å². The largest absolute Gasteiger partial charge is 0.454 e. The zero-order valence-corrected chi connectivity index (χ0v) is 15.9. The van der Waals surface area contributed by atoms with Crippen LogP contribution in [0.1, 0.15) is 28.5 Å². The summed E-state index contributed by atoms with van der Waals surface area (Å²) < 4.78 is 10.9. The topological polar surface area (TPSA) is 99.4 Å². The first kappa shape index (κ1) is 18.2. The Labute approximate surface area is 166 Å². The van der Waals surface area contributed by atoms with Crippen LogP contribution in [0.4, 0.5) is 5.13 Å². The van der Waals surface area contributed by atoms with Crippen LogP contribution in [0.3, 0.4) is 0 Å². The minimum atomic E-state index is -0.0760. The number of rotatable bonds is 7. The molecule has 0 saturated carbocycles. The molecular formula is C20H20N4O3S. The Hall–Kier alpha value is -3.13. The zero-order valence-electron chi connectivity index (χ0n) is 15.1. The van der Waals surface area contributed by atoms with Gasteiger partial charge in [-0.05, 0) is 23.3 Å². The molecule has 0 spiro atoms. The fourth-order valence-corrected chi connectivity index (χ4v) is 3.79. The van der Waals surface area contributed by atoms with Crippen molar-refractivity contribution in [3.05, 3.63) is 64.7 Å². The number of nitrogens with two attached hydrogens (primary N) is 1. The number of carbonyl (C=O) groups excluding carboxylic acids is 1. The van der Waals surface area contributed by atoms with Crippen LogP contribution in [0.15, 0.2) is 48.5 Å². The Morgan fingerprint density at radius 1 is 1.11 bits per heavy atom. The standard InChI is InChI=1S/C20H20N4O3S/c21-20-24-23-19(28-20)8-9-22-18(25)11-15(13-4-2-1-3-5-13)14-6-7-16-17(10-14)27-12-26-16/h1-7,10,15H,8-9,11-12H2,(H2,21,24)(H,22,25). The predicted molar refractivity (Wildman–Crippen MR) is 107 cm³/mol. The van der Waals surface area contributed by atoms with Gasteiger partial charge in [-0.15, -0.1) is 10.2 Å². The number of nitrogens with zero attached hydrogens (tertiary/aromatic N) is 2. The van der Waals surface area contributed by atoms with E-state index in [1.54, 1.807) is 0 Å². The van der Waals surface area contributed by atoms with Crippen molar-refractivity contribution < 1.29 is 14.3 Å². The van der Waals surface area contributed by atoms with Crippen LogP contribution < -0.4 is 20.5 Å². The molecule has 0 radical (unpaired) electrons. The van der Waals surface area contributed by atoms with E-state index in [-0.39, 0.29) is 18.6 Å². The highest BCUT2D eigenvalue weighted by atomic mass is 32.1. The highest BCUT2D eigenvalue weighted by Crippen LogP contribution is 2.37. The average Bonchev–Trinajstić information content (AvgIpc) is 3.35. The Balaban J connectivity index is 1.45. The Bertz CT molecular complexity index is 961. The summed E-state index contributed by atoms with van der Waals surface area (Å²) in [4.78, 5) is 12.6. The quantitative estimate of drug-likeness (QED) is 0.637. The van der Waals surface area contributed by atoms with Crippen molar-refractivity contribution in [1.29, 1.82) is 0 Å². The van der Waals surface area contributed by atoms with Gasteiger partial charge in [-0.2, -0.15) is 0 Å². The lowest BCUT2D eigenvalue weighted by Crippen LogP contribution is -2.27. The van der Waals surface area contributed by atoms with Crippen molar-refractivity contribution in [2.75, 3.05) is 19.1 Å². The third-order valence-corrected chi connectivity index (χ3v) is 5.35. The van der Waals surface area contributed by atoms with Crippen molar-refractivity contribution in [2.24, 2.45) is 0 Å². The monoisotopic (exact) mass is 396 g/mol. The average molecular weight is 396 g/mol. The number of benzene rings is 2. The van der Waals surface area contributed by atoms with Crippen LogP contribution in [0.5, 0.6) is 11.5 Å². The van der Waals surface area contributed by atoms with Crippen molar-refractivity contribution in [2.45, 2.75) is 18.8 Å². The van der Waals surface area contributed by atoms with Crippen LogP contribution in [-0.2, 0) is 11.2 Å². The third-order valence-electron chi connectivity index (χ3n) is 4.53. The van der Waals surface area contributed by atoms with Crippen LogP contribution in [-0.4, -0.2) is 29.4 Å². The number of nitrogen functional groups attached to an aromatic ring is 1. The van der Waals surface area contributed by atoms with Crippen molar-refractivity contribution >= 4 is 22.4 Å². The number of nitrogens with one attached hydrogen (secondary N) is 1. The molecule has 2 aromatic carbocycles. The van der Waals surface area contributed by atoms with E-state index in [1.807, 2.05) is 48.5 Å². The molecule has 0 fully saturated rings. The van der Waals surface area contributed by atoms with Gasteiger partial charge in [-0.3, -0.25) is 4.79 Å². The number of anilines is 1. The highest BCUT2D eigenvalue weighted by Gasteiger charge is 2.21. The number of amides is 1. The normalized spacial score (nSPS) is 13.3. The Morgan fingerprint density at radius 2 is 1.93 bits per heavy atom. The second-order valence-electron chi connectivity index (χ2n) is 6.41. The smallest absolute Gasteiger partial charge is 0.231 e. The fourth-order valence-electron chi connectivity index (χ4n) is 3.18. The first-order valence-corrected chi connectivity index (χ1v) is 9.80. The summed E-state index contributed by atoms with van der Waals surface area (Å²) in [6.45, 7) is 0.724. The van der Waals surface area contributed by atoms with Gasteiger partial charge in [0, 0.05) is 25.3 Å². The number of hydrogen-bond acceptors (Lipinski definition) is 7. The SMILES string of the molecule is Nc1nnc(CCNC(=O)CC(c2ccccc2)c2ccc3c(c2)OCO3)s1. The molecule has 8 heteroatoms. The maximum atomic E-state index is 12.6. The summed E-state index contributed by atoms with van der Waals surface area (Å²) in [5, 5.41) is 12.0. The van der Waals surface area contributed by atoms with Gasteiger partial charge in [0.05, 0.1) is 0 Å². The van der Waals surface area contributed by atoms with E-state index in [9.17, 15) is 4.79 Å². The van der Waals surface area contributed by atoms with Crippen LogP contribution in [0, 0.1) is 0 Å². The second-order valence-corrected chi connectivity index (χ2v) is 7.51. The van der Waals surface area contributed by atoms with Crippen LogP contribution in [0.25, 0.3) is 0 Å². The van der Waals surface area contributed by atoms with Crippen molar-refractivity contribution in [3.63, 3.8) is 0 Å². The van der Waals surface area contributed by atoms with E-state index in [2.05, 4.69) is 15.5 Å². The first-order chi connectivity index (χ1) is 13.7. The minimum absolute atomic E-state index is 0.0241. The van der Waals surface area contributed by atoms with Gasteiger partial charge in [-0.1, -0.05) is 47.7 Å². The molecule has 0 bridgehead atoms. The molecule has 0 saturated heterocycles. The summed E-state index contributed by atoms with van der Waals surface area (Å²) in [5.74, 6) is 1.35. The number of fused-ring (bicyclic) bond motifs is 1. The Kier molecular flexibility index (Phi) is 5.38. The maximum Gasteiger partial charge on any atom is 0.231 e. The summed E-state index contributed by atoms with van der Waals surface area (Å²) in [5.41, 5.74) is 7.68. The third kappa shape index (κ3) is 4.23. The predicted octanol–water partition coefficient (Wildman–Crippen LogP) is 2.73. The first-order valence-electron chi connectivity index (χ1n) is 8.98. The summed E-state index contributed by atoms with van der Waals surface area (Å²) in [6.07, 6.45) is 0.947. The summed E-state index contributed by atoms with van der Waals surface area (Å²) in [7, 11) is 0. The van der Waals surface area contributed by atoms with Crippen LogP contribution in [0.2, 0.25) is 0 Å². The van der Waals surface area contributed by atoms with Gasteiger partial charge >= 0.3 is 0 Å².